The smallest absolute Gasteiger partial charge is 0.372 e. The first-order valence-electron chi connectivity index (χ1n) is 8.50. The Balaban J connectivity index is 2.04. The number of halogens is 6. The van der Waals surface area contributed by atoms with Crippen molar-refractivity contribution in [3.05, 3.63) is 70.8 Å². The Morgan fingerprint density at radius 3 is 1.38 bits per heavy atom. The highest BCUT2D eigenvalue weighted by atomic mass is 19.4. The van der Waals surface area contributed by atoms with Crippen LogP contribution in [0.1, 0.15) is 34.5 Å². The molecular formula is C20H20F6O3. The highest BCUT2D eigenvalue weighted by Gasteiger charge is 2.42. The van der Waals surface area contributed by atoms with Crippen LogP contribution in [0.4, 0.5) is 26.3 Å². The van der Waals surface area contributed by atoms with Crippen molar-refractivity contribution in [1.82, 2.24) is 0 Å². The summed E-state index contributed by atoms with van der Waals surface area (Å²) in [5, 5.41) is 0. The third-order valence-electron chi connectivity index (χ3n) is 4.11. The second-order valence-corrected chi connectivity index (χ2v) is 6.30. The van der Waals surface area contributed by atoms with Gasteiger partial charge in [-0.15, -0.1) is 0 Å². The maximum atomic E-state index is 13.0. The van der Waals surface area contributed by atoms with E-state index in [4.69, 9.17) is 4.74 Å². The predicted molar refractivity (Wildman–Crippen MR) is 93.0 cm³/mol. The van der Waals surface area contributed by atoms with E-state index in [1.807, 2.05) is 0 Å². The Bertz CT molecular complexity index is 723. The zero-order valence-corrected chi connectivity index (χ0v) is 15.7. The Hall–Kier alpha value is -2.10. The van der Waals surface area contributed by atoms with Gasteiger partial charge in [0.15, 0.2) is 12.2 Å². The van der Waals surface area contributed by atoms with Gasteiger partial charge in [-0.3, -0.25) is 0 Å². The number of rotatable bonds is 8. The molecule has 2 aromatic rings. The fourth-order valence-electron chi connectivity index (χ4n) is 2.90. The zero-order valence-electron chi connectivity index (χ0n) is 15.7. The van der Waals surface area contributed by atoms with Crippen LogP contribution in [-0.4, -0.2) is 26.6 Å². The Kier molecular flexibility index (Phi) is 7.67. The Morgan fingerprint density at radius 2 is 1.07 bits per heavy atom. The summed E-state index contributed by atoms with van der Waals surface area (Å²) >= 11 is 0. The molecule has 0 saturated carbocycles. The average molecular weight is 422 g/mol. The molecule has 9 heteroatoms. The summed E-state index contributed by atoms with van der Waals surface area (Å²) in [6, 6.07) is 11.3. The maximum Gasteiger partial charge on any atom is 0.418 e. The van der Waals surface area contributed by atoms with Gasteiger partial charge in [0.05, 0.1) is 13.2 Å². The van der Waals surface area contributed by atoms with E-state index in [0.29, 0.717) is 11.1 Å². The molecule has 0 N–H and O–H groups in total. The van der Waals surface area contributed by atoms with E-state index in [1.54, 1.807) is 12.1 Å². The highest BCUT2D eigenvalue weighted by molar-refractivity contribution is 5.27. The van der Waals surface area contributed by atoms with Crippen LogP contribution in [0.25, 0.3) is 0 Å². The Morgan fingerprint density at radius 1 is 0.690 bits per heavy atom. The topological polar surface area (TPSA) is 27.7 Å². The fourth-order valence-corrected chi connectivity index (χ4v) is 2.90. The van der Waals surface area contributed by atoms with E-state index in [-0.39, 0.29) is 24.3 Å². The van der Waals surface area contributed by atoms with Gasteiger partial charge in [0.25, 0.3) is 0 Å². The minimum Gasteiger partial charge on any atom is -0.372 e. The van der Waals surface area contributed by atoms with Crippen LogP contribution < -0.4 is 0 Å². The first kappa shape index (κ1) is 23.2. The molecule has 0 saturated heterocycles. The van der Waals surface area contributed by atoms with E-state index in [1.165, 1.54) is 36.4 Å². The van der Waals surface area contributed by atoms with Crippen LogP contribution in [-0.2, 0) is 27.4 Å². The quantitative estimate of drug-likeness (QED) is 0.496. The highest BCUT2D eigenvalue weighted by Crippen LogP contribution is 2.36. The lowest BCUT2D eigenvalue weighted by Gasteiger charge is -2.20. The minimum atomic E-state index is -4.55. The molecule has 0 fully saturated rings. The molecule has 0 heterocycles. The van der Waals surface area contributed by atoms with Gasteiger partial charge in [-0.05, 0) is 22.3 Å². The molecule has 160 valence electrons. The summed E-state index contributed by atoms with van der Waals surface area (Å²) in [7, 11) is 1.95. The van der Waals surface area contributed by atoms with Gasteiger partial charge >= 0.3 is 12.4 Å². The average Bonchev–Trinajstić information content (AvgIpc) is 2.61. The standard InChI is InChI=1S/C20H20F6O3/c1-27-17(19(21,22)23)15-7-3-5-13(9-15)11-29-12-14-6-4-8-16(10-14)18(28-2)20(24,25)26/h3-10,17-18H,11-12H2,1-2H3. The number of benzene rings is 2. The lowest BCUT2D eigenvalue weighted by molar-refractivity contribution is -0.216. The van der Waals surface area contributed by atoms with Crippen LogP contribution in [0.15, 0.2) is 48.5 Å². The lowest BCUT2D eigenvalue weighted by Crippen LogP contribution is -2.22. The number of hydrogen-bond donors (Lipinski definition) is 0. The van der Waals surface area contributed by atoms with Gasteiger partial charge in [0.1, 0.15) is 0 Å². The van der Waals surface area contributed by atoms with Crippen LogP contribution in [0.5, 0.6) is 0 Å². The van der Waals surface area contributed by atoms with Crippen LogP contribution in [0.2, 0.25) is 0 Å². The van der Waals surface area contributed by atoms with Gasteiger partial charge in [0, 0.05) is 14.2 Å². The number of hydrogen-bond acceptors (Lipinski definition) is 3. The number of alkyl halides is 6. The monoisotopic (exact) mass is 422 g/mol. The maximum absolute atomic E-state index is 13.0. The van der Waals surface area contributed by atoms with Crippen molar-refractivity contribution in [1.29, 1.82) is 0 Å². The van der Waals surface area contributed by atoms with Crippen molar-refractivity contribution in [3.8, 4) is 0 Å². The summed E-state index contributed by atoms with van der Waals surface area (Å²) < 4.78 is 92.4. The molecule has 0 aliphatic rings. The molecule has 0 aliphatic carbocycles. The first-order valence-corrected chi connectivity index (χ1v) is 8.50. The van der Waals surface area contributed by atoms with E-state index >= 15 is 0 Å². The molecule has 0 amide bonds. The molecule has 0 radical (unpaired) electrons. The van der Waals surface area contributed by atoms with Crippen LogP contribution >= 0.6 is 0 Å². The molecule has 0 bridgehead atoms. The third kappa shape index (κ3) is 6.45. The second kappa shape index (κ2) is 9.60. The van der Waals surface area contributed by atoms with E-state index in [2.05, 4.69) is 9.47 Å². The van der Waals surface area contributed by atoms with Gasteiger partial charge in [0.2, 0.25) is 0 Å². The summed E-state index contributed by atoms with van der Waals surface area (Å²) in [6.45, 7) is -0.0291. The fraction of sp³-hybridized carbons (Fsp3) is 0.400. The molecule has 2 rings (SSSR count). The lowest BCUT2D eigenvalue weighted by atomic mass is 10.1. The van der Waals surface area contributed by atoms with Crippen molar-refractivity contribution in [2.24, 2.45) is 0 Å². The summed E-state index contributed by atoms with van der Waals surface area (Å²) in [4.78, 5) is 0. The van der Waals surface area contributed by atoms with Crippen molar-refractivity contribution in [2.75, 3.05) is 14.2 Å². The second-order valence-electron chi connectivity index (χ2n) is 6.30. The summed E-state index contributed by atoms with van der Waals surface area (Å²) in [6.07, 6.45) is -13.2. The molecule has 0 aromatic heterocycles. The first-order chi connectivity index (χ1) is 13.6. The van der Waals surface area contributed by atoms with Gasteiger partial charge in [-0.25, -0.2) is 0 Å². The molecule has 3 nitrogen and oxygen atoms in total. The van der Waals surface area contributed by atoms with Crippen molar-refractivity contribution in [2.45, 2.75) is 37.8 Å². The van der Waals surface area contributed by atoms with Gasteiger partial charge in [-0.1, -0.05) is 48.5 Å². The van der Waals surface area contributed by atoms with Crippen molar-refractivity contribution in [3.63, 3.8) is 0 Å². The van der Waals surface area contributed by atoms with Gasteiger partial charge < -0.3 is 14.2 Å². The van der Waals surface area contributed by atoms with E-state index < -0.39 is 24.6 Å². The van der Waals surface area contributed by atoms with Gasteiger partial charge in [-0.2, -0.15) is 26.3 Å². The molecule has 2 aromatic carbocycles. The Labute approximate surface area is 164 Å². The van der Waals surface area contributed by atoms with E-state index in [0.717, 1.165) is 14.2 Å². The minimum absolute atomic E-state index is 0.0145. The largest absolute Gasteiger partial charge is 0.418 e. The van der Waals surface area contributed by atoms with E-state index in [9.17, 15) is 26.3 Å². The molecule has 2 unspecified atom stereocenters. The van der Waals surface area contributed by atoms with Crippen molar-refractivity contribution < 1.29 is 40.6 Å². The molecule has 0 aliphatic heterocycles. The predicted octanol–water partition coefficient (Wildman–Crippen LogP) is 5.90. The molecule has 29 heavy (non-hydrogen) atoms. The molecule has 2 atom stereocenters. The summed E-state index contributed by atoms with van der Waals surface area (Å²) in [5.74, 6) is 0. The molecular weight excluding hydrogens is 402 g/mol. The SMILES string of the molecule is COC(c1cccc(COCc2cccc(C(OC)C(F)(F)F)c2)c1)C(F)(F)F. The summed E-state index contributed by atoms with van der Waals surface area (Å²) in [5.41, 5.74) is 0.845. The number of methoxy groups -OCH3 is 2. The third-order valence-corrected chi connectivity index (χ3v) is 4.11. The molecule has 0 spiro atoms. The zero-order chi connectivity index (χ0) is 21.7. The van der Waals surface area contributed by atoms with Crippen molar-refractivity contribution >= 4 is 0 Å². The van der Waals surface area contributed by atoms with Crippen LogP contribution in [0.3, 0.4) is 0 Å². The van der Waals surface area contributed by atoms with Crippen LogP contribution in [0, 0.1) is 0 Å². The normalized spacial score (nSPS) is 14.6. The number of ether oxygens (including phenoxy) is 3.